The molecular weight excluding hydrogens is 184 g/mol. The molecule has 1 nitrogen and oxygen atoms in total. The molecule has 15 heavy (non-hydrogen) atoms. The Kier molecular flexibility index (Phi) is 1.89. The van der Waals surface area contributed by atoms with Crippen molar-refractivity contribution in [1.29, 1.82) is 0 Å². The van der Waals surface area contributed by atoms with Crippen LogP contribution in [0.3, 0.4) is 0 Å². The third-order valence-corrected chi connectivity index (χ3v) is 6.30. The standard InChI is InChI=1S/C14H24O/c1-4-14(15)8-10-7-13(14,3)12-9(2)5-6-11(10)12/h9-12,15H,4-8H2,1-3H3. The molecule has 0 aromatic carbocycles. The van der Waals surface area contributed by atoms with Crippen molar-refractivity contribution in [1.82, 2.24) is 0 Å². The lowest BCUT2D eigenvalue weighted by Gasteiger charge is -2.47. The van der Waals surface area contributed by atoms with Crippen molar-refractivity contribution in [2.24, 2.45) is 29.1 Å². The fourth-order valence-corrected chi connectivity index (χ4v) is 5.64. The molecule has 0 heterocycles. The molecular formula is C14H24O. The van der Waals surface area contributed by atoms with Gasteiger partial charge in [-0.15, -0.1) is 0 Å². The van der Waals surface area contributed by atoms with Gasteiger partial charge in [-0.3, -0.25) is 0 Å². The van der Waals surface area contributed by atoms with Gasteiger partial charge >= 0.3 is 0 Å². The monoisotopic (exact) mass is 208 g/mol. The number of aliphatic hydroxyl groups is 1. The highest BCUT2D eigenvalue weighted by Crippen LogP contribution is 2.71. The fraction of sp³-hybridized carbons (Fsp3) is 1.00. The van der Waals surface area contributed by atoms with Crippen LogP contribution in [0, 0.1) is 29.1 Å². The average Bonchev–Trinajstić information content (AvgIpc) is 2.76. The third kappa shape index (κ3) is 0.988. The van der Waals surface area contributed by atoms with Crippen LogP contribution in [0.4, 0.5) is 0 Å². The third-order valence-electron chi connectivity index (χ3n) is 6.30. The van der Waals surface area contributed by atoms with E-state index >= 15 is 0 Å². The van der Waals surface area contributed by atoms with Gasteiger partial charge in [-0.25, -0.2) is 0 Å². The Morgan fingerprint density at radius 3 is 2.67 bits per heavy atom. The van der Waals surface area contributed by atoms with Crippen LogP contribution in [-0.4, -0.2) is 10.7 Å². The Balaban J connectivity index is 2.01. The van der Waals surface area contributed by atoms with E-state index in [-0.39, 0.29) is 11.0 Å². The number of fused-ring (bicyclic) bond motifs is 5. The molecule has 2 bridgehead atoms. The van der Waals surface area contributed by atoms with E-state index in [1.165, 1.54) is 19.3 Å². The van der Waals surface area contributed by atoms with Crippen molar-refractivity contribution in [3.05, 3.63) is 0 Å². The van der Waals surface area contributed by atoms with Crippen molar-refractivity contribution in [2.45, 2.75) is 58.5 Å². The Hall–Kier alpha value is -0.0400. The first-order chi connectivity index (χ1) is 7.02. The topological polar surface area (TPSA) is 20.2 Å². The first kappa shape index (κ1) is 10.1. The van der Waals surface area contributed by atoms with Crippen molar-refractivity contribution in [3.63, 3.8) is 0 Å². The minimum absolute atomic E-state index is 0.243. The second-order valence-electron chi connectivity index (χ2n) is 6.72. The average molecular weight is 208 g/mol. The number of rotatable bonds is 1. The van der Waals surface area contributed by atoms with Crippen LogP contribution < -0.4 is 0 Å². The quantitative estimate of drug-likeness (QED) is 0.701. The Morgan fingerprint density at radius 2 is 2.00 bits per heavy atom. The minimum Gasteiger partial charge on any atom is -0.389 e. The van der Waals surface area contributed by atoms with E-state index in [2.05, 4.69) is 20.8 Å². The Labute approximate surface area is 93.3 Å². The zero-order valence-corrected chi connectivity index (χ0v) is 10.3. The van der Waals surface area contributed by atoms with Crippen molar-refractivity contribution < 1.29 is 5.11 Å². The van der Waals surface area contributed by atoms with Crippen LogP contribution in [0.2, 0.25) is 0 Å². The fourth-order valence-electron chi connectivity index (χ4n) is 5.64. The molecule has 0 saturated heterocycles. The summed E-state index contributed by atoms with van der Waals surface area (Å²) in [7, 11) is 0. The lowest BCUT2D eigenvalue weighted by atomic mass is 9.61. The van der Waals surface area contributed by atoms with Crippen molar-refractivity contribution in [3.8, 4) is 0 Å². The summed E-state index contributed by atoms with van der Waals surface area (Å²) in [5.74, 6) is 3.47. The van der Waals surface area contributed by atoms with Gasteiger partial charge in [-0.1, -0.05) is 27.2 Å². The van der Waals surface area contributed by atoms with Crippen LogP contribution in [0.15, 0.2) is 0 Å². The molecule has 3 aliphatic rings. The lowest BCUT2D eigenvalue weighted by Crippen LogP contribution is -2.49. The van der Waals surface area contributed by atoms with Crippen LogP contribution in [0.25, 0.3) is 0 Å². The summed E-state index contributed by atoms with van der Waals surface area (Å²) in [4.78, 5) is 0. The van der Waals surface area contributed by atoms with Crippen LogP contribution in [0.1, 0.15) is 52.9 Å². The maximum absolute atomic E-state index is 10.8. The molecule has 3 rings (SSSR count). The van der Waals surface area contributed by atoms with E-state index in [1.54, 1.807) is 0 Å². The molecule has 0 radical (unpaired) electrons. The summed E-state index contributed by atoms with van der Waals surface area (Å²) >= 11 is 0. The molecule has 0 spiro atoms. The van der Waals surface area contributed by atoms with Gasteiger partial charge in [0.25, 0.3) is 0 Å². The SMILES string of the molecule is CCC1(O)CC2CC1(C)C1C(C)CCC21. The molecule has 1 N–H and O–H groups in total. The molecule has 3 aliphatic carbocycles. The van der Waals surface area contributed by atoms with Gasteiger partial charge in [0.15, 0.2) is 0 Å². The van der Waals surface area contributed by atoms with E-state index < -0.39 is 0 Å². The Bertz CT molecular complexity index is 287. The van der Waals surface area contributed by atoms with E-state index in [1.807, 2.05) is 0 Å². The van der Waals surface area contributed by atoms with Gasteiger partial charge in [0.2, 0.25) is 0 Å². The zero-order valence-electron chi connectivity index (χ0n) is 10.3. The first-order valence-corrected chi connectivity index (χ1v) is 6.74. The zero-order chi connectivity index (χ0) is 10.8. The lowest BCUT2D eigenvalue weighted by molar-refractivity contribution is -0.111. The summed E-state index contributed by atoms with van der Waals surface area (Å²) in [6.07, 6.45) is 6.19. The maximum atomic E-state index is 10.8. The molecule has 6 unspecified atom stereocenters. The van der Waals surface area contributed by atoms with Crippen LogP contribution in [0.5, 0.6) is 0 Å². The van der Waals surface area contributed by atoms with Gasteiger partial charge in [0.05, 0.1) is 5.60 Å². The highest BCUT2D eigenvalue weighted by atomic mass is 16.3. The molecule has 1 heteroatoms. The summed E-state index contributed by atoms with van der Waals surface area (Å²) < 4.78 is 0. The minimum atomic E-state index is -0.336. The summed E-state index contributed by atoms with van der Waals surface area (Å²) in [5, 5.41) is 10.8. The predicted molar refractivity (Wildman–Crippen MR) is 61.4 cm³/mol. The summed E-state index contributed by atoms with van der Waals surface area (Å²) in [5.41, 5.74) is -0.0928. The van der Waals surface area contributed by atoms with Crippen molar-refractivity contribution in [2.75, 3.05) is 0 Å². The molecule has 3 fully saturated rings. The van der Waals surface area contributed by atoms with Gasteiger partial charge in [-0.05, 0) is 54.8 Å². The molecule has 0 aromatic heterocycles. The number of hydrogen-bond acceptors (Lipinski definition) is 1. The van der Waals surface area contributed by atoms with Crippen LogP contribution >= 0.6 is 0 Å². The molecule has 0 aromatic rings. The second-order valence-corrected chi connectivity index (χ2v) is 6.72. The van der Waals surface area contributed by atoms with Gasteiger partial charge in [-0.2, -0.15) is 0 Å². The van der Waals surface area contributed by atoms with Gasteiger partial charge in [0, 0.05) is 0 Å². The molecule has 0 amide bonds. The molecule has 86 valence electrons. The molecule has 0 aliphatic heterocycles. The van der Waals surface area contributed by atoms with Gasteiger partial charge < -0.3 is 5.11 Å². The van der Waals surface area contributed by atoms with Crippen molar-refractivity contribution >= 4 is 0 Å². The highest BCUT2D eigenvalue weighted by Gasteiger charge is 2.68. The predicted octanol–water partition coefficient (Wildman–Crippen LogP) is 3.22. The Morgan fingerprint density at radius 1 is 1.27 bits per heavy atom. The maximum Gasteiger partial charge on any atom is 0.0704 e. The number of hydrogen-bond donors (Lipinski definition) is 1. The summed E-state index contributed by atoms with van der Waals surface area (Å²) in [6, 6.07) is 0. The highest BCUT2D eigenvalue weighted by molar-refractivity contribution is 5.17. The van der Waals surface area contributed by atoms with E-state index in [4.69, 9.17) is 0 Å². The van der Waals surface area contributed by atoms with E-state index in [0.29, 0.717) is 0 Å². The summed E-state index contributed by atoms with van der Waals surface area (Å²) in [6.45, 7) is 6.95. The van der Waals surface area contributed by atoms with Gasteiger partial charge in [0.1, 0.15) is 0 Å². The molecule has 6 atom stereocenters. The smallest absolute Gasteiger partial charge is 0.0704 e. The second kappa shape index (κ2) is 2.80. The van der Waals surface area contributed by atoms with Crippen LogP contribution in [-0.2, 0) is 0 Å². The van der Waals surface area contributed by atoms with E-state index in [0.717, 1.165) is 36.5 Å². The normalized spacial score (nSPS) is 62.4. The molecule has 3 saturated carbocycles. The van der Waals surface area contributed by atoms with E-state index in [9.17, 15) is 5.11 Å². The first-order valence-electron chi connectivity index (χ1n) is 6.74. The largest absolute Gasteiger partial charge is 0.389 e.